The predicted octanol–water partition coefficient (Wildman–Crippen LogP) is 3.72. The Morgan fingerprint density at radius 2 is 1.79 bits per heavy atom. The highest BCUT2D eigenvalue weighted by atomic mass is 127. The minimum absolute atomic E-state index is 0. The highest BCUT2D eigenvalue weighted by Crippen LogP contribution is 2.27. The van der Waals surface area contributed by atoms with E-state index in [2.05, 4.69) is 15.0 Å². The van der Waals surface area contributed by atoms with Crippen LogP contribution in [-0.4, -0.2) is 27.5 Å². The van der Waals surface area contributed by atoms with Gasteiger partial charge in [-0.2, -0.15) is 0 Å². The molecule has 0 atom stereocenters. The van der Waals surface area contributed by atoms with E-state index >= 15 is 0 Å². The minimum Gasteiger partial charge on any atom is -0.495 e. The number of hydrogen-bond donors (Lipinski definition) is 3. The maximum absolute atomic E-state index is 12.0. The van der Waals surface area contributed by atoms with Crippen molar-refractivity contribution in [2.45, 2.75) is 32.2 Å². The van der Waals surface area contributed by atoms with Crippen LogP contribution in [0.2, 0.25) is 5.02 Å². The summed E-state index contributed by atoms with van der Waals surface area (Å²) in [6.45, 7) is 3.94. The number of halogens is 2. The van der Waals surface area contributed by atoms with Crippen LogP contribution in [0.15, 0.2) is 47.5 Å². The lowest BCUT2D eigenvalue weighted by molar-refractivity contribution is 0.415. The lowest BCUT2D eigenvalue weighted by atomic mass is 10.1. The highest BCUT2D eigenvalue weighted by Gasteiger charge is 2.12. The number of hydrogen-bond acceptors (Lipinski definition) is 4. The van der Waals surface area contributed by atoms with E-state index in [4.69, 9.17) is 22.1 Å². The summed E-state index contributed by atoms with van der Waals surface area (Å²) in [5.74, 6) is 0.763. The summed E-state index contributed by atoms with van der Waals surface area (Å²) in [7, 11) is -1.80. The molecule has 29 heavy (non-hydrogen) atoms. The second-order valence-corrected chi connectivity index (χ2v) is 8.69. The molecule has 4 N–H and O–H groups in total. The molecule has 0 amide bonds. The van der Waals surface area contributed by atoms with E-state index in [0.717, 1.165) is 5.56 Å². The molecule has 0 fully saturated rings. The number of methoxy groups -OCH3 is 1. The van der Waals surface area contributed by atoms with E-state index in [1.54, 1.807) is 51.3 Å². The monoisotopic (exact) mass is 552 g/mol. The van der Waals surface area contributed by atoms with Gasteiger partial charge in [-0.1, -0.05) is 35.9 Å². The number of benzene rings is 2. The van der Waals surface area contributed by atoms with Crippen molar-refractivity contribution in [1.82, 2.24) is 4.72 Å². The Labute approximate surface area is 194 Å². The van der Waals surface area contributed by atoms with Crippen LogP contribution < -0.4 is 20.5 Å². The van der Waals surface area contributed by atoms with E-state index < -0.39 is 10.0 Å². The molecule has 0 saturated heterocycles. The van der Waals surface area contributed by atoms with Crippen LogP contribution >= 0.6 is 35.6 Å². The standard InChI is InChI=1S/C19H25ClN4O3S.HI/c1-13(2)24-28(25,26)12-15-6-4-14(5-7-15)11-22-19(21)23-16-8-9-18(27-3)17(20)10-16;/h4-10,13,24H,11-12H2,1-3H3,(H3,21,22,23);1H. The maximum Gasteiger partial charge on any atom is 0.216 e. The Bertz CT molecular complexity index is 935. The van der Waals surface area contributed by atoms with Crippen LogP contribution in [0.5, 0.6) is 5.75 Å². The third-order valence-corrected chi connectivity index (χ3v) is 5.49. The van der Waals surface area contributed by atoms with Crippen LogP contribution in [-0.2, 0) is 22.3 Å². The van der Waals surface area contributed by atoms with Gasteiger partial charge in [-0.3, -0.25) is 0 Å². The van der Waals surface area contributed by atoms with Crippen LogP contribution in [0.4, 0.5) is 5.69 Å². The molecule has 0 aromatic heterocycles. The Hall–Kier alpha value is -1.56. The first-order chi connectivity index (χ1) is 13.2. The smallest absolute Gasteiger partial charge is 0.216 e. The van der Waals surface area contributed by atoms with Crippen molar-refractivity contribution in [3.05, 3.63) is 58.6 Å². The van der Waals surface area contributed by atoms with Crippen molar-refractivity contribution < 1.29 is 13.2 Å². The maximum atomic E-state index is 12.0. The first-order valence-corrected chi connectivity index (χ1v) is 10.7. The summed E-state index contributed by atoms with van der Waals surface area (Å²) < 4.78 is 31.6. The number of anilines is 1. The van der Waals surface area contributed by atoms with Gasteiger partial charge in [-0.05, 0) is 43.2 Å². The lowest BCUT2D eigenvalue weighted by Gasteiger charge is -2.10. The number of nitrogens with one attached hydrogen (secondary N) is 2. The fourth-order valence-corrected chi connectivity index (χ4v) is 4.16. The second kappa shape index (κ2) is 11.6. The molecule has 0 radical (unpaired) electrons. The number of nitrogens with two attached hydrogens (primary N) is 1. The topological polar surface area (TPSA) is 106 Å². The molecular formula is C19H26ClIN4O3S. The molecule has 160 valence electrons. The van der Waals surface area contributed by atoms with Crippen LogP contribution in [0.3, 0.4) is 0 Å². The molecule has 0 unspecified atom stereocenters. The number of rotatable bonds is 8. The molecule has 7 nitrogen and oxygen atoms in total. The SMILES string of the molecule is COc1ccc(NC(N)=NCc2ccc(CS(=O)(=O)NC(C)C)cc2)cc1Cl.I. The molecule has 0 aliphatic carbocycles. The van der Waals surface area contributed by atoms with E-state index in [-0.39, 0.29) is 41.7 Å². The van der Waals surface area contributed by atoms with Crippen LogP contribution in [0.25, 0.3) is 0 Å². The van der Waals surface area contributed by atoms with Crippen molar-refractivity contribution in [1.29, 1.82) is 0 Å². The Morgan fingerprint density at radius 1 is 1.17 bits per heavy atom. The van der Waals surface area contributed by atoms with E-state index in [1.165, 1.54) is 0 Å². The van der Waals surface area contributed by atoms with Gasteiger partial charge in [0.25, 0.3) is 0 Å². The van der Waals surface area contributed by atoms with Gasteiger partial charge >= 0.3 is 0 Å². The molecule has 2 aromatic rings. The fraction of sp³-hybridized carbons (Fsp3) is 0.316. The van der Waals surface area contributed by atoms with Crippen molar-refractivity contribution in [3.63, 3.8) is 0 Å². The van der Waals surface area contributed by atoms with Gasteiger partial charge in [0, 0.05) is 11.7 Å². The van der Waals surface area contributed by atoms with Gasteiger partial charge in [0.15, 0.2) is 5.96 Å². The fourth-order valence-electron chi connectivity index (χ4n) is 2.47. The van der Waals surface area contributed by atoms with Gasteiger partial charge in [0.2, 0.25) is 10.0 Å². The third kappa shape index (κ3) is 8.77. The molecule has 0 heterocycles. The Balaban J connectivity index is 0.00000420. The van der Waals surface area contributed by atoms with E-state index in [9.17, 15) is 8.42 Å². The molecule has 0 spiro atoms. The van der Waals surface area contributed by atoms with Gasteiger partial charge in [-0.25, -0.2) is 18.1 Å². The molecule has 0 aliphatic rings. The van der Waals surface area contributed by atoms with E-state index in [0.29, 0.717) is 28.6 Å². The molecule has 10 heteroatoms. The normalized spacial score (nSPS) is 11.8. The number of guanidine groups is 1. The summed E-state index contributed by atoms with van der Waals surface area (Å²) in [6, 6.07) is 12.3. The summed E-state index contributed by atoms with van der Waals surface area (Å²) in [5, 5.41) is 3.44. The number of sulfonamides is 1. The molecule has 2 rings (SSSR count). The molecule has 0 bridgehead atoms. The Morgan fingerprint density at radius 3 is 2.34 bits per heavy atom. The first kappa shape index (κ1) is 25.5. The Kier molecular flexibility index (Phi) is 10.2. The van der Waals surface area contributed by atoms with Crippen LogP contribution in [0, 0.1) is 0 Å². The largest absolute Gasteiger partial charge is 0.495 e. The average Bonchev–Trinajstić information content (AvgIpc) is 2.60. The van der Waals surface area contributed by atoms with Crippen molar-refractivity contribution >= 4 is 57.2 Å². The number of aliphatic imine (C=N–C) groups is 1. The summed E-state index contributed by atoms with van der Waals surface area (Å²) in [5.41, 5.74) is 8.23. The van der Waals surface area contributed by atoms with Crippen LogP contribution in [0.1, 0.15) is 25.0 Å². The molecule has 0 aliphatic heterocycles. The average molecular weight is 553 g/mol. The zero-order valence-corrected chi connectivity index (χ0v) is 20.4. The molecular weight excluding hydrogens is 527 g/mol. The quantitative estimate of drug-likeness (QED) is 0.263. The van der Waals surface area contributed by atoms with Crippen molar-refractivity contribution in [2.24, 2.45) is 10.7 Å². The number of nitrogens with zero attached hydrogens (tertiary/aromatic N) is 1. The third-order valence-electron chi connectivity index (χ3n) is 3.65. The van der Waals surface area contributed by atoms with Gasteiger partial charge < -0.3 is 15.8 Å². The van der Waals surface area contributed by atoms with Gasteiger partial charge in [-0.15, -0.1) is 24.0 Å². The summed E-state index contributed by atoms with van der Waals surface area (Å²) >= 11 is 6.08. The highest BCUT2D eigenvalue weighted by molar-refractivity contribution is 14.0. The van der Waals surface area contributed by atoms with Gasteiger partial charge in [0.1, 0.15) is 5.75 Å². The second-order valence-electron chi connectivity index (χ2n) is 6.52. The van der Waals surface area contributed by atoms with E-state index in [1.807, 2.05) is 12.1 Å². The summed E-state index contributed by atoms with van der Waals surface area (Å²) in [6.07, 6.45) is 0. The van der Waals surface area contributed by atoms with Crippen molar-refractivity contribution in [2.75, 3.05) is 12.4 Å². The molecule has 2 aromatic carbocycles. The zero-order valence-electron chi connectivity index (χ0n) is 16.5. The minimum atomic E-state index is -3.34. The zero-order chi connectivity index (χ0) is 20.7. The summed E-state index contributed by atoms with van der Waals surface area (Å²) in [4.78, 5) is 4.28. The lowest BCUT2D eigenvalue weighted by Crippen LogP contribution is -2.31. The van der Waals surface area contributed by atoms with Crippen molar-refractivity contribution in [3.8, 4) is 5.75 Å². The molecule has 0 saturated carbocycles. The number of ether oxygens (including phenoxy) is 1. The first-order valence-electron chi connectivity index (χ1n) is 8.67. The predicted molar refractivity (Wildman–Crippen MR) is 130 cm³/mol. The van der Waals surface area contributed by atoms with Gasteiger partial charge in [0.05, 0.1) is 24.4 Å².